The fourth-order valence-corrected chi connectivity index (χ4v) is 6.46. The molecule has 1 saturated heterocycles. The van der Waals surface area contributed by atoms with E-state index < -0.39 is 9.84 Å². The lowest BCUT2D eigenvalue weighted by atomic mass is 9.79. The first-order valence-electron chi connectivity index (χ1n) is 9.89. The number of sulfone groups is 1. The van der Waals surface area contributed by atoms with Crippen molar-refractivity contribution in [1.82, 2.24) is 0 Å². The molecule has 1 fully saturated rings. The summed E-state index contributed by atoms with van der Waals surface area (Å²) in [6.45, 7) is 4.72. The number of halogens is 2. The van der Waals surface area contributed by atoms with Gasteiger partial charge in [0.05, 0.1) is 11.5 Å². The maximum Gasteiger partial charge on any atom is 0.163 e. The number of rotatable bonds is 5. The average Bonchev–Trinajstić information content (AvgIpc) is 3.03. The minimum absolute atomic E-state index is 0.00529. The van der Waals surface area contributed by atoms with Crippen LogP contribution in [0.1, 0.15) is 46.8 Å². The molecule has 0 N–H and O–H groups in total. The van der Waals surface area contributed by atoms with E-state index in [2.05, 4.69) is 6.92 Å². The molecule has 0 saturated carbocycles. The molecule has 4 nitrogen and oxygen atoms in total. The molecular formula is C23H23Cl2NO3S. The van der Waals surface area contributed by atoms with Crippen LogP contribution in [0.3, 0.4) is 0 Å². The van der Waals surface area contributed by atoms with Crippen molar-refractivity contribution in [3.8, 4) is 0 Å². The van der Waals surface area contributed by atoms with Gasteiger partial charge in [0.2, 0.25) is 0 Å². The van der Waals surface area contributed by atoms with Gasteiger partial charge in [-0.1, -0.05) is 42.3 Å². The quantitative estimate of drug-likeness (QED) is 0.581. The molecule has 2 aliphatic rings. The highest BCUT2D eigenvalue weighted by atomic mass is 35.5. The Morgan fingerprint density at radius 2 is 1.80 bits per heavy atom. The molecule has 1 atom stereocenters. The van der Waals surface area contributed by atoms with Crippen molar-refractivity contribution in [2.75, 3.05) is 18.1 Å². The Labute approximate surface area is 187 Å². The van der Waals surface area contributed by atoms with Crippen LogP contribution in [-0.2, 0) is 15.3 Å². The van der Waals surface area contributed by atoms with Crippen LogP contribution in [0.2, 0.25) is 10.0 Å². The van der Waals surface area contributed by atoms with Crippen LogP contribution in [0.25, 0.3) is 0 Å². The number of nitrogens with zero attached hydrogens (tertiary/aromatic N) is 1. The number of Topliss-reactive ketones (excluding diaryl/α,β-unsaturated/α-hetero) is 1. The van der Waals surface area contributed by atoms with Crippen LogP contribution in [-0.4, -0.2) is 38.0 Å². The monoisotopic (exact) mass is 463 g/mol. The molecule has 2 aliphatic heterocycles. The highest BCUT2D eigenvalue weighted by Crippen LogP contribution is 2.37. The van der Waals surface area contributed by atoms with Crippen LogP contribution < -0.4 is 0 Å². The first-order chi connectivity index (χ1) is 14.0. The summed E-state index contributed by atoms with van der Waals surface area (Å²) in [6, 6.07) is 11.4. The van der Waals surface area contributed by atoms with E-state index in [0.29, 0.717) is 22.2 Å². The summed E-state index contributed by atoms with van der Waals surface area (Å²) in [6.07, 6.45) is 1.05. The van der Waals surface area contributed by atoms with Crippen LogP contribution in [0.5, 0.6) is 0 Å². The average molecular weight is 464 g/mol. The molecule has 2 aromatic carbocycles. The zero-order chi connectivity index (χ0) is 21.7. The first kappa shape index (κ1) is 21.5. The number of aryl methyl sites for hydroxylation is 1. The molecule has 7 heteroatoms. The van der Waals surface area contributed by atoms with Gasteiger partial charge < -0.3 is 0 Å². The topological polar surface area (TPSA) is 63.6 Å². The van der Waals surface area contributed by atoms with Crippen molar-refractivity contribution in [1.29, 1.82) is 0 Å². The third-order valence-corrected chi connectivity index (χ3v) is 8.44. The minimum atomic E-state index is -2.91. The number of benzene rings is 2. The first-order valence-corrected chi connectivity index (χ1v) is 12.5. The predicted molar refractivity (Wildman–Crippen MR) is 122 cm³/mol. The molecule has 0 radical (unpaired) electrons. The normalized spacial score (nSPS) is 23.1. The Hall–Kier alpha value is -1.69. The van der Waals surface area contributed by atoms with Gasteiger partial charge in [-0.25, -0.2) is 8.42 Å². The summed E-state index contributed by atoms with van der Waals surface area (Å²) in [4.78, 5) is 17.4. The van der Waals surface area contributed by atoms with Gasteiger partial charge in [0.25, 0.3) is 0 Å². The highest BCUT2D eigenvalue weighted by Gasteiger charge is 2.36. The molecule has 0 aromatic heterocycles. The van der Waals surface area contributed by atoms with Crippen LogP contribution >= 0.6 is 23.2 Å². The van der Waals surface area contributed by atoms with Gasteiger partial charge in [-0.2, -0.15) is 0 Å². The molecule has 2 heterocycles. The molecule has 0 aliphatic carbocycles. The predicted octanol–water partition coefficient (Wildman–Crippen LogP) is 5.07. The summed E-state index contributed by atoms with van der Waals surface area (Å²) in [5.74, 6) is 0.203. The maximum absolute atomic E-state index is 12.6. The van der Waals surface area contributed by atoms with Crippen molar-refractivity contribution in [2.45, 2.75) is 32.1 Å². The second-order valence-electron chi connectivity index (χ2n) is 8.76. The van der Waals surface area contributed by atoms with Crippen LogP contribution in [0.4, 0.5) is 0 Å². The minimum Gasteiger partial charge on any atom is -0.294 e. The fourth-order valence-electron chi connectivity index (χ4n) is 4.36. The summed E-state index contributed by atoms with van der Waals surface area (Å²) < 4.78 is 22.7. The van der Waals surface area contributed by atoms with E-state index >= 15 is 0 Å². The van der Waals surface area contributed by atoms with Crippen molar-refractivity contribution in [3.63, 3.8) is 0 Å². The molecule has 158 valence electrons. The summed E-state index contributed by atoms with van der Waals surface area (Å²) >= 11 is 12.4. The summed E-state index contributed by atoms with van der Waals surface area (Å²) in [5.41, 5.74) is 4.44. The van der Waals surface area contributed by atoms with E-state index in [1.165, 1.54) is 0 Å². The van der Waals surface area contributed by atoms with E-state index in [1.54, 1.807) is 6.07 Å². The van der Waals surface area contributed by atoms with E-state index in [1.807, 2.05) is 37.3 Å². The van der Waals surface area contributed by atoms with E-state index in [0.717, 1.165) is 28.8 Å². The zero-order valence-corrected chi connectivity index (χ0v) is 19.2. The highest BCUT2D eigenvalue weighted by molar-refractivity contribution is 7.92. The van der Waals surface area contributed by atoms with Gasteiger partial charge in [0.15, 0.2) is 15.6 Å². The Bertz CT molecular complexity index is 1140. The number of ketones is 1. The van der Waals surface area contributed by atoms with Gasteiger partial charge in [0.1, 0.15) is 0 Å². The lowest BCUT2D eigenvalue weighted by molar-refractivity contribution is 0.0966. The van der Waals surface area contributed by atoms with Crippen molar-refractivity contribution < 1.29 is 13.2 Å². The molecule has 4 rings (SSSR count). The number of carbonyl (C=O) groups is 1. The fraction of sp³-hybridized carbons (Fsp3) is 0.391. The summed E-state index contributed by atoms with van der Waals surface area (Å²) in [5, 5.41) is 1.23. The van der Waals surface area contributed by atoms with Gasteiger partial charge >= 0.3 is 0 Å². The van der Waals surface area contributed by atoms with E-state index in [-0.39, 0.29) is 35.0 Å². The smallest absolute Gasteiger partial charge is 0.163 e. The third kappa shape index (κ3) is 4.34. The van der Waals surface area contributed by atoms with Crippen molar-refractivity contribution in [3.05, 3.63) is 68.7 Å². The Morgan fingerprint density at radius 1 is 1.13 bits per heavy atom. The van der Waals surface area contributed by atoms with E-state index in [9.17, 15) is 13.2 Å². The molecule has 0 bridgehead atoms. The van der Waals surface area contributed by atoms with Crippen LogP contribution in [0, 0.1) is 12.8 Å². The van der Waals surface area contributed by atoms with Gasteiger partial charge in [0, 0.05) is 46.1 Å². The Morgan fingerprint density at radius 3 is 2.40 bits per heavy atom. The zero-order valence-electron chi connectivity index (χ0n) is 16.9. The number of aliphatic imine (C=N–C) groups is 1. The van der Waals surface area contributed by atoms with Crippen LogP contribution in [0.15, 0.2) is 41.4 Å². The molecule has 30 heavy (non-hydrogen) atoms. The number of hydrogen-bond donors (Lipinski definition) is 0. The number of carbonyl (C=O) groups excluding carboxylic acids is 1. The Kier molecular flexibility index (Phi) is 5.58. The Balaban J connectivity index is 1.49. The van der Waals surface area contributed by atoms with Gasteiger partial charge in [-0.3, -0.25) is 9.79 Å². The van der Waals surface area contributed by atoms with Crippen molar-refractivity contribution >= 4 is 44.5 Å². The lowest BCUT2D eigenvalue weighted by Crippen LogP contribution is -2.37. The maximum atomic E-state index is 12.6. The number of hydrogen-bond acceptors (Lipinski definition) is 4. The SMILES string of the molecule is Cc1cc(C2=NCC(C)(c3cc(Cl)cc(Cl)c3)C2)ccc1C(=O)CC1CS(=O)(=O)C1. The lowest BCUT2D eigenvalue weighted by Gasteiger charge is -2.25. The molecule has 1 unspecified atom stereocenters. The molecular weight excluding hydrogens is 441 g/mol. The van der Waals surface area contributed by atoms with Gasteiger partial charge in [-0.15, -0.1) is 0 Å². The second kappa shape index (κ2) is 7.77. The second-order valence-corrected chi connectivity index (χ2v) is 11.8. The van der Waals surface area contributed by atoms with Gasteiger partial charge in [-0.05, 0) is 53.8 Å². The third-order valence-electron chi connectivity index (χ3n) is 6.05. The van der Waals surface area contributed by atoms with E-state index in [4.69, 9.17) is 28.2 Å². The molecule has 2 aromatic rings. The standard InChI is InChI=1S/C23H23Cl2NO3S/c1-14-5-16(3-4-20(14)22(27)6-15-11-30(28,29)12-15)21-10-23(2,13-26-21)17-7-18(24)9-19(25)8-17/h3-5,7-9,15H,6,10-13H2,1-2H3. The largest absolute Gasteiger partial charge is 0.294 e. The molecule has 0 amide bonds. The van der Waals surface area contributed by atoms with Crippen molar-refractivity contribution in [2.24, 2.45) is 10.9 Å². The molecule has 0 spiro atoms. The summed E-state index contributed by atoms with van der Waals surface area (Å²) in [7, 11) is -2.91.